The van der Waals surface area contributed by atoms with E-state index >= 15 is 0 Å². The molecule has 0 amide bonds. The molecule has 0 aromatic heterocycles. The second kappa shape index (κ2) is 9.91. The topological polar surface area (TPSA) is 74.6 Å². The van der Waals surface area contributed by atoms with Crippen molar-refractivity contribution in [2.75, 3.05) is 0 Å². The van der Waals surface area contributed by atoms with E-state index in [0.29, 0.717) is 0 Å². The maximum absolute atomic E-state index is 10.8. The normalized spacial score (nSPS) is 17.2. The van der Waals surface area contributed by atoms with E-state index in [2.05, 4.69) is 30.0 Å². The maximum atomic E-state index is 10.8. The van der Waals surface area contributed by atoms with Crippen LogP contribution in [0.15, 0.2) is 90.2 Å². The Morgan fingerprint density at radius 1 is 0.929 bits per heavy atom. The number of carboxylic acids is 2. The van der Waals surface area contributed by atoms with E-state index in [1.165, 1.54) is 36.3 Å². The highest BCUT2D eigenvalue weighted by Crippen LogP contribution is 2.31. The second-order valence-electron chi connectivity index (χ2n) is 6.53. The standard InChI is InChI=1S/C15H12.C9H10O4/c1-3-8-14(9-4-1)12-7-13-15-10-5-2-6-11-15;1-9(8(12)13)4-2-3-6(5-9)7(10)11/h1-6,8-13H;2-4H,5H2,1H3,(H,10,11)(H,12,13). The van der Waals surface area contributed by atoms with Crippen LogP contribution < -0.4 is 0 Å². The summed E-state index contributed by atoms with van der Waals surface area (Å²) in [6.07, 6.45) is 8.39. The predicted molar refractivity (Wildman–Crippen MR) is 111 cm³/mol. The summed E-state index contributed by atoms with van der Waals surface area (Å²) in [5, 5.41) is 17.5. The van der Waals surface area contributed by atoms with E-state index in [1.807, 2.05) is 48.6 Å². The molecule has 2 N–H and O–H groups in total. The summed E-state index contributed by atoms with van der Waals surface area (Å²) in [5.74, 6) is -2.06. The maximum Gasteiger partial charge on any atom is 0.331 e. The lowest BCUT2D eigenvalue weighted by atomic mass is 9.80. The predicted octanol–water partition coefficient (Wildman–Crippen LogP) is 5.06. The Morgan fingerprint density at radius 2 is 1.43 bits per heavy atom. The third-order valence-electron chi connectivity index (χ3n) is 4.18. The minimum atomic E-state index is -1.08. The zero-order valence-corrected chi connectivity index (χ0v) is 15.6. The molecule has 1 aliphatic carbocycles. The zero-order valence-electron chi connectivity index (χ0n) is 15.6. The first-order valence-corrected chi connectivity index (χ1v) is 8.78. The lowest BCUT2D eigenvalue weighted by Crippen LogP contribution is -2.28. The van der Waals surface area contributed by atoms with Crippen LogP contribution in [-0.4, -0.2) is 22.2 Å². The van der Waals surface area contributed by atoms with Crippen LogP contribution in [0.1, 0.15) is 24.5 Å². The van der Waals surface area contributed by atoms with Gasteiger partial charge in [-0.15, -0.1) is 5.73 Å². The van der Waals surface area contributed by atoms with E-state index in [0.717, 1.165) is 0 Å². The van der Waals surface area contributed by atoms with Gasteiger partial charge in [-0.25, -0.2) is 4.79 Å². The first-order chi connectivity index (χ1) is 13.4. The monoisotopic (exact) mass is 374 g/mol. The SMILES string of the molecule is C(=Cc1ccccc1)=Cc1ccccc1.CC1(C(=O)O)C=CC=C(C(=O)O)C1. The van der Waals surface area contributed by atoms with E-state index in [1.54, 1.807) is 0 Å². The van der Waals surface area contributed by atoms with Gasteiger partial charge in [-0.3, -0.25) is 4.79 Å². The molecule has 4 heteroatoms. The van der Waals surface area contributed by atoms with Gasteiger partial charge in [-0.05, 0) is 36.6 Å². The van der Waals surface area contributed by atoms with Crippen molar-refractivity contribution in [2.45, 2.75) is 13.3 Å². The van der Waals surface area contributed by atoms with Gasteiger partial charge in [0.15, 0.2) is 0 Å². The van der Waals surface area contributed by atoms with Crippen LogP contribution in [0, 0.1) is 5.41 Å². The minimum absolute atomic E-state index is 0.0359. The van der Waals surface area contributed by atoms with Crippen LogP contribution in [0.3, 0.4) is 0 Å². The Kier molecular flexibility index (Phi) is 7.32. The quantitative estimate of drug-likeness (QED) is 0.734. The first kappa shape index (κ1) is 20.7. The molecule has 0 spiro atoms. The van der Waals surface area contributed by atoms with E-state index in [4.69, 9.17) is 10.2 Å². The van der Waals surface area contributed by atoms with Gasteiger partial charge in [0.05, 0.1) is 5.41 Å². The molecule has 0 aliphatic heterocycles. The highest BCUT2D eigenvalue weighted by Gasteiger charge is 2.34. The van der Waals surface area contributed by atoms with Gasteiger partial charge >= 0.3 is 11.9 Å². The number of benzene rings is 2. The molecule has 0 fully saturated rings. The molecule has 1 unspecified atom stereocenters. The molecule has 28 heavy (non-hydrogen) atoms. The number of allylic oxidation sites excluding steroid dienone is 2. The van der Waals surface area contributed by atoms with Crippen LogP contribution in [0.4, 0.5) is 0 Å². The number of aliphatic carboxylic acids is 2. The largest absolute Gasteiger partial charge is 0.481 e. The van der Waals surface area contributed by atoms with Crippen molar-refractivity contribution < 1.29 is 19.8 Å². The zero-order chi connectivity index (χ0) is 20.4. The van der Waals surface area contributed by atoms with Crippen LogP contribution in [0.5, 0.6) is 0 Å². The van der Waals surface area contributed by atoms with Crippen molar-refractivity contribution in [3.8, 4) is 0 Å². The molecular formula is C24H22O4. The van der Waals surface area contributed by atoms with Gasteiger partial charge in [-0.2, -0.15) is 0 Å². The highest BCUT2D eigenvalue weighted by atomic mass is 16.4. The van der Waals surface area contributed by atoms with E-state index in [9.17, 15) is 9.59 Å². The second-order valence-corrected chi connectivity index (χ2v) is 6.53. The van der Waals surface area contributed by atoms with Crippen LogP contribution >= 0.6 is 0 Å². The average molecular weight is 374 g/mol. The Morgan fingerprint density at radius 3 is 1.86 bits per heavy atom. The van der Waals surface area contributed by atoms with Crippen LogP contribution in [-0.2, 0) is 9.59 Å². The average Bonchev–Trinajstić information content (AvgIpc) is 2.70. The fourth-order valence-electron chi connectivity index (χ4n) is 2.52. The highest BCUT2D eigenvalue weighted by molar-refractivity contribution is 5.90. The van der Waals surface area contributed by atoms with Gasteiger partial charge < -0.3 is 10.2 Å². The third kappa shape index (κ3) is 6.27. The molecule has 2 aromatic carbocycles. The van der Waals surface area contributed by atoms with Crippen molar-refractivity contribution in [3.63, 3.8) is 0 Å². The molecule has 1 atom stereocenters. The van der Waals surface area contributed by atoms with Gasteiger partial charge in [-0.1, -0.05) is 78.9 Å². The van der Waals surface area contributed by atoms with Crippen LogP contribution in [0.25, 0.3) is 12.2 Å². The molecular weight excluding hydrogens is 352 g/mol. The first-order valence-electron chi connectivity index (χ1n) is 8.78. The van der Waals surface area contributed by atoms with Crippen molar-refractivity contribution in [3.05, 3.63) is 101 Å². The van der Waals surface area contributed by atoms with Crippen molar-refractivity contribution in [1.82, 2.24) is 0 Å². The number of carbonyl (C=O) groups is 2. The van der Waals surface area contributed by atoms with Crippen LogP contribution in [0.2, 0.25) is 0 Å². The molecule has 0 saturated heterocycles. The smallest absolute Gasteiger partial charge is 0.331 e. The van der Waals surface area contributed by atoms with E-state index in [-0.39, 0.29) is 12.0 Å². The number of hydrogen-bond acceptors (Lipinski definition) is 2. The van der Waals surface area contributed by atoms with Gasteiger partial charge in [0, 0.05) is 5.57 Å². The fraction of sp³-hybridized carbons (Fsp3) is 0.125. The summed E-state index contributed by atoms with van der Waals surface area (Å²) >= 11 is 0. The molecule has 142 valence electrons. The third-order valence-corrected chi connectivity index (χ3v) is 4.18. The summed E-state index contributed by atoms with van der Waals surface area (Å²) in [4.78, 5) is 21.3. The molecule has 0 saturated carbocycles. The fourth-order valence-corrected chi connectivity index (χ4v) is 2.52. The summed E-state index contributed by atoms with van der Waals surface area (Å²) < 4.78 is 0. The minimum Gasteiger partial charge on any atom is -0.481 e. The van der Waals surface area contributed by atoms with E-state index < -0.39 is 17.4 Å². The number of hydrogen-bond donors (Lipinski definition) is 2. The molecule has 1 aliphatic rings. The molecule has 0 heterocycles. The Balaban J connectivity index is 0.000000203. The number of rotatable bonds is 4. The lowest BCUT2D eigenvalue weighted by Gasteiger charge is -2.23. The van der Waals surface area contributed by atoms with Crippen molar-refractivity contribution >= 4 is 24.1 Å². The molecule has 0 radical (unpaired) electrons. The van der Waals surface area contributed by atoms with Gasteiger partial charge in [0.25, 0.3) is 0 Å². The summed E-state index contributed by atoms with van der Waals surface area (Å²) in [5.41, 5.74) is 4.56. The Hall–Kier alpha value is -3.62. The lowest BCUT2D eigenvalue weighted by molar-refractivity contribution is -0.145. The Bertz CT molecular complexity index is 890. The van der Waals surface area contributed by atoms with Crippen molar-refractivity contribution in [2.24, 2.45) is 5.41 Å². The molecule has 0 bridgehead atoms. The molecule has 4 nitrogen and oxygen atoms in total. The van der Waals surface area contributed by atoms with Gasteiger partial charge in [0.2, 0.25) is 0 Å². The van der Waals surface area contributed by atoms with Crippen molar-refractivity contribution in [1.29, 1.82) is 0 Å². The summed E-state index contributed by atoms with van der Waals surface area (Å²) in [6, 6.07) is 20.4. The molecule has 2 aromatic rings. The summed E-state index contributed by atoms with van der Waals surface area (Å²) in [7, 11) is 0. The molecule has 3 rings (SSSR count). The Labute approximate surface area is 164 Å². The number of carboxylic acid groups (broad SMARTS) is 2. The van der Waals surface area contributed by atoms with Gasteiger partial charge in [0.1, 0.15) is 0 Å². The summed E-state index contributed by atoms with van der Waals surface area (Å²) in [6.45, 7) is 1.50.